The van der Waals surface area contributed by atoms with Crippen LogP contribution in [0.25, 0.3) is 0 Å². The second kappa shape index (κ2) is 11.0. The van der Waals surface area contributed by atoms with Crippen molar-refractivity contribution >= 4 is 17.4 Å². The van der Waals surface area contributed by atoms with Crippen LogP contribution in [0.4, 0.5) is 10.1 Å². The van der Waals surface area contributed by atoms with E-state index >= 15 is 4.39 Å². The third kappa shape index (κ3) is 4.97. The monoisotopic (exact) mass is 565 g/mol. The fraction of sp³-hybridized carbons (Fsp3) is 0.688. The number of nitrogen functional groups attached to an aromatic ring is 1. The minimum atomic E-state index is -1.20. The Balaban J connectivity index is 1.17. The van der Waals surface area contributed by atoms with Gasteiger partial charge in [-0.3, -0.25) is 14.5 Å². The number of nitrogens with zero attached hydrogens (tertiary/aromatic N) is 2. The maximum absolute atomic E-state index is 16.1. The van der Waals surface area contributed by atoms with Crippen molar-refractivity contribution in [1.29, 1.82) is 0 Å². The average molecular weight is 566 g/mol. The Hall–Kier alpha value is -2.49. The molecule has 5 fully saturated rings. The van der Waals surface area contributed by atoms with Gasteiger partial charge in [0, 0.05) is 43.5 Å². The number of anilines is 1. The molecule has 8 nitrogen and oxygen atoms in total. The molecule has 0 bridgehead atoms. The quantitative estimate of drug-likeness (QED) is 0.372. The zero-order valence-corrected chi connectivity index (χ0v) is 23.8. The zero-order valence-electron chi connectivity index (χ0n) is 23.8. The molecule has 222 valence electrons. The largest absolute Gasteiger partial charge is 0.399 e. The smallest absolute Gasteiger partial charge is 0.256 e. The van der Waals surface area contributed by atoms with Crippen LogP contribution < -0.4 is 16.8 Å². The summed E-state index contributed by atoms with van der Waals surface area (Å²) in [7, 11) is 0. The van der Waals surface area contributed by atoms with Crippen LogP contribution in [0.5, 0.6) is 0 Å². The maximum atomic E-state index is 16.1. The van der Waals surface area contributed by atoms with E-state index in [0.29, 0.717) is 37.0 Å². The van der Waals surface area contributed by atoms with Crippen LogP contribution >= 0.6 is 0 Å². The molecule has 41 heavy (non-hydrogen) atoms. The van der Waals surface area contributed by atoms with E-state index in [4.69, 9.17) is 16.2 Å². The highest BCUT2D eigenvalue weighted by Gasteiger charge is 2.60. The van der Waals surface area contributed by atoms with Crippen LogP contribution in [0.2, 0.25) is 0 Å². The Bertz CT molecular complexity index is 1190. The molecule has 0 radical (unpaired) electrons. The first-order valence-electron chi connectivity index (χ1n) is 15.8. The number of carbonyl (C=O) groups is 2. The number of halogens is 1. The lowest BCUT2D eigenvalue weighted by Gasteiger charge is -2.61. The number of benzene rings is 1. The first-order chi connectivity index (χ1) is 19.9. The molecule has 3 aliphatic heterocycles. The van der Waals surface area contributed by atoms with Crippen LogP contribution in [0, 0.1) is 17.8 Å². The van der Waals surface area contributed by atoms with Gasteiger partial charge in [0.1, 0.15) is 6.17 Å². The molecule has 0 spiro atoms. The highest BCUT2D eigenvalue weighted by molar-refractivity contribution is 6.20. The summed E-state index contributed by atoms with van der Waals surface area (Å²) < 4.78 is 23.1. The van der Waals surface area contributed by atoms with Gasteiger partial charge in [-0.05, 0) is 61.6 Å². The molecule has 10 atom stereocenters. The summed E-state index contributed by atoms with van der Waals surface area (Å²) >= 11 is 0. The first-order valence-corrected chi connectivity index (χ1v) is 15.8. The number of nitrogens with one attached hydrogen (secondary N) is 1. The lowest BCUT2D eigenvalue weighted by molar-refractivity contribution is -0.219. The lowest BCUT2D eigenvalue weighted by Crippen LogP contribution is -2.73. The first kappa shape index (κ1) is 27.3. The average Bonchev–Trinajstić information content (AvgIpc) is 3.39. The zero-order chi connectivity index (χ0) is 28.2. The van der Waals surface area contributed by atoms with Gasteiger partial charge in [-0.2, -0.15) is 0 Å². The number of likely N-dealkylation sites (tertiary alicyclic amines) is 1. The van der Waals surface area contributed by atoms with E-state index in [-0.39, 0.29) is 47.9 Å². The molecule has 9 heteroatoms. The van der Waals surface area contributed by atoms with E-state index in [2.05, 4.69) is 15.1 Å². The van der Waals surface area contributed by atoms with Gasteiger partial charge >= 0.3 is 0 Å². The number of ether oxygens (including phenoxy) is 1. The molecular formula is C32H44FN5O3. The Morgan fingerprint density at radius 3 is 2.54 bits per heavy atom. The topological polar surface area (TPSA) is 114 Å². The fourth-order valence-corrected chi connectivity index (χ4v) is 9.05. The van der Waals surface area contributed by atoms with Crippen LogP contribution in [-0.4, -0.2) is 83.7 Å². The van der Waals surface area contributed by atoms with E-state index in [1.54, 1.807) is 0 Å². The summed E-state index contributed by atoms with van der Waals surface area (Å²) in [5.74, 6) is 0.103. The van der Waals surface area contributed by atoms with Crippen molar-refractivity contribution in [1.82, 2.24) is 15.1 Å². The van der Waals surface area contributed by atoms with Crippen LogP contribution in [-0.2, 0) is 20.7 Å². The van der Waals surface area contributed by atoms with Gasteiger partial charge < -0.3 is 26.4 Å². The molecule has 2 saturated heterocycles. The number of Topliss-reactive ketones (excluding diaryl/α,β-unsaturated/α-hetero) is 1. The van der Waals surface area contributed by atoms with Crippen molar-refractivity contribution < 1.29 is 18.7 Å². The normalized spacial score (nSPS) is 40.3. The van der Waals surface area contributed by atoms with E-state index in [9.17, 15) is 9.59 Å². The summed E-state index contributed by atoms with van der Waals surface area (Å²) in [6.45, 7) is 1.83. The SMILES string of the molecule is Nc1ccc(CCNC(=O)C2=CN3C4CC5CCCCC5CC4OC4C(N5CCC(N)C5)C(F)CC(C2=O)C43)cc1. The van der Waals surface area contributed by atoms with E-state index in [1.165, 1.54) is 25.7 Å². The number of ketones is 1. The fourth-order valence-electron chi connectivity index (χ4n) is 9.05. The summed E-state index contributed by atoms with van der Waals surface area (Å²) in [6.07, 6.45) is 8.83. The number of hydrogen-bond acceptors (Lipinski definition) is 7. The predicted molar refractivity (Wildman–Crippen MR) is 154 cm³/mol. The van der Waals surface area contributed by atoms with Gasteiger partial charge in [-0.15, -0.1) is 0 Å². The highest BCUT2D eigenvalue weighted by atomic mass is 19.1. The molecule has 5 N–H and O–H groups in total. The molecule has 7 rings (SSSR count). The van der Waals surface area contributed by atoms with E-state index in [1.807, 2.05) is 30.5 Å². The van der Waals surface area contributed by atoms with Crippen molar-refractivity contribution in [2.75, 3.05) is 25.4 Å². The molecule has 0 aromatic heterocycles. The van der Waals surface area contributed by atoms with Crippen LogP contribution in [0.15, 0.2) is 36.0 Å². The molecule has 3 saturated carbocycles. The van der Waals surface area contributed by atoms with Gasteiger partial charge in [0.25, 0.3) is 5.91 Å². The number of morpholine rings is 1. The molecule has 3 heterocycles. The van der Waals surface area contributed by atoms with Crippen molar-refractivity contribution in [3.05, 3.63) is 41.6 Å². The molecule has 1 aromatic rings. The van der Waals surface area contributed by atoms with E-state index < -0.39 is 24.2 Å². The number of fused-ring (bicyclic) bond motifs is 3. The Labute approximate surface area is 242 Å². The second-order valence-electron chi connectivity index (χ2n) is 13.5. The van der Waals surface area contributed by atoms with Crippen molar-refractivity contribution in [3.8, 4) is 0 Å². The van der Waals surface area contributed by atoms with Gasteiger partial charge in [0.05, 0.1) is 35.9 Å². The minimum absolute atomic E-state index is 0.0143. The van der Waals surface area contributed by atoms with Gasteiger partial charge in [0.15, 0.2) is 5.78 Å². The van der Waals surface area contributed by atoms with Crippen LogP contribution in [0.1, 0.15) is 56.9 Å². The highest BCUT2D eigenvalue weighted by Crippen LogP contribution is 2.50. The second-order valence-corrected chi connectivity index (χ2v) is 13.5. The number of alkyl halides is 1. The maximum Gasteiger partial charge on any atom is 0.256 e. The van der Waals surface area contributed by atoms with Gasteiger partial charge in [-0.25, -0.2) is 4.39 Å². The third-order valence-corrected chi connectivity index (χ3v) is 11.1. The number of rotatable bonds is 5. The molecular weight excluding hydrogens is 521 g/mol. The minimum Gasteiger partial charge on any atom is -0.399 e. The predicted octanol–water partition coefficient (Wildman–Crippen LogP) is 2.56. The van der Waals surface area contributed by atoms with Gasteiger partial charge in [0.2, 0.25) is 0 Å². The number of nitrogens with two attached hydrogens (primary N) is 2. The Morgan fingerprint density at radius 2 is 1.80 bits per heavy atom. The molecule has 3 aliphatic carbocycles. The Kier molecular flexibility index (Phi) is 7.32. The summed E-state index contributed by atoms with van der Waals surface area (Å²) in [6, 6.07) is 7.08. The standard InChI is InChI=1S/C32H44FN5O3/c33-25-15-23-28-31(29(25)37-12-10-22(35)16-37)41-27-14-20-4-2-1-3-19(20)13-26(27)38(28)17-24(30(23)39)32(40)36-11-9-18-5-7-21(34)8-6-18/h5-8,17,19-20,22-23,25-29,31H,1-4,9-16,34-35H2,(H,36,40). The number of carbonyl (C=O) groups excluding carboxylic acids is 2. The number of amides is 1. The third-order valence-electron chi connectivity index (χ3n) is 11.1. The van der Waals surface area contributed by atoms with Crippen molar-refractivity contribution in [3.63, 3.8) is 0 Å². The summed E-state index contributed by atoms with van der Waals surface area (Å²) in [5.41, 5.74) is 14.0. The number of hydrogen-bond donors (Lipinski definition) is 3. The molecule has 6 aliphatic rings. The molecule has 1 aromatic carbocycles. The van der Waals surface area contributed by atoms with Gasteiger partial charge in [-0.1, -0.05) is 37.8 Å². The molecule has 10 unspecified atom stereocenters. The van der Waals surface area contributed by atoms with Crippen molar-refractivity contribution in [2.45, 2.75) is 100 Å². The Morgan fingerprint density at radius 1 is 1.05 bits per heavy atom. The lowest BCUT2D eigenvalue weighted by atomic mass is 9.64. The molecule has 1 amide bonds. The summed E-state index contributed by atoms with van der Waals surface area (Å²) in [4.78, 5) is 31.8. The van der Waals surface area contributed by atoms with Crippen LogP contribution in [0.3, 0.4) is 0 Å². The van der Waals surface area contributed by atoms with E-state index in [0.717, 1.165) is 31.4 Å². The van der Waals surface area contributed by atoms with Crippen molar-refractivity contribution in [2.24, 2.45) is 23.5 Å². The summed E-state index contributed by atoms with van der Waals surface area (Å²) in [5, 5.41) is 2.97.